The van der Waals surface area contributed by atoms with E-state index in [1.54, 1.807) is 12.4 Å². The maximum Gasteiger partial charge on any atom is 0.323 e. The zero-order chi connectivity index (χ0) is 15.5. The Balaban J connectivity index is 1.93. The molecule has 116 valence electrons. The van der Waals surface area contributed by atoms with Gasteiger partial charge in [0.2, 0.25) is 10.0 Å². The fraction of sp³-hybridized carbons (Fsp3) is 0.538. The molecule has 1 N–H and O–H groups in total. The van der Waals surface area contributed by atoms with Gasteiger partial charge < -0.3 is 5.11 Å². The number of aliphatic carboxylic acids is 1. The minimum Gasteiger partial charge on any atom is -0.480 e. The summed E-state index contributed by atoms with van der Waals surface area (Å²) in [5.74, 6) is -1.31. The van der Waals surface area contributed by atoms with E-state index in [1.807, 2.05) is 12.1 Å². The van der Waals surface area contributed by atoms with Crippen LogP contribution in [0, 0.1) is 0 Å². The van der Waals surface area contributed by atoms with E-state index < -0.39 is 21.2 Å². The van der Waals surface area contributed by atoms with Gasteiger partial charge in [0.15, 0.2) is 5.25 Å². The van der Waals surface area contributed by atoms with Crippen LogP contribution >= 0.6 is 0 Å². The second kappa shape index (κ2) is 6.50. The highest BCUT2D eigenvalue weighted by Crippen LogP contribution is 2.14. The predicted molar refractivity (Wildman–Crippen MR) is 77.1 cm³/mol. The molecule has 0 saturated carbocycles. The van der Waals surface area contributed by atoms with Crippen molar-refractivity contribution in [3.05, 3.63) is 30.1 Å². The first-order chi connectivity index (χ1) is 9.91. The first-order valence-corrected chi connectivity index (χ1v) is 8.24. The van der Waals surface area contributed by atoms with Gasteiger partial charge in [0.05, 0.1) is 0 Å². The van der Waals surface area contributed by atoms with Crippen molar-refractivity contribution in [2.45, 2.75) is 18.7 Å². The number of sulfonamides is 1. The summed E-state index contributed by atoms with van der Waals surface area (Å²) in [6.45, 7) is 3.73. The summed E-state index contributed by atoms with van der Waals surface area (Å²) < 4.78 is 25.5. The number of hydrogen-bond donors (Lipinski definition) is 1. The molecule has 21 heavy (non-hydrogen) atoms. The van der Waals surface area contributed by atoms with E-state index in [9.17, 15) is 13.2 Å². The molecule has 1 saturated heterocycles. The SMILES string of the molecule is CC(C(=O)O)S(=O)(=O)N1CCN(Cc2cccnc2)CC1. The zero-order valence-electron chi connectivity index (χ0n) is 11.8. The Morgan fingerprint density at radius 3 is 2.57 bits per heavy atom. The average molecular weight is 313 g/mol. The number of nitrogens with zero attached hydrogens (tertiary/aromatic N) is 3. The Bertz CT molecular complexity index is 583. The van der Waals surface area contributed by atoms with Gasteiger partial charge in [0, 0.05) is 45.1 Å². The summed E-state index contributed by atoms with van der Waals surface area (Å²) in [6, 6.07) is 3.84. The summed E-state index contributed by atoms with van der Waals surface area (Å²) in [5.41, 5.74) is 1.08. The van der Waals surface area contributed by atoms with Gasteiger partial charge in [0.1, 0.15) is 0 Å². The molecule has 2 heterocycles. The summed E-state index contributed by atoms with van der Waals surface area (Å²) >= 11 is 0. The lowest BCUT2D eigenvalue weighted by molar-refractivity contribution is -0.136. The summed E-state index contributed by atoms with van der Waals surface area (Å²) in [4.78, 5) is 17.1. The fourth-order valence-corrected chi connectivity index (χ4v) is 3.62. The lowest BCUT2D eigenvalue weighted by Gasteiger charge is -2.34. The first-order valence-electron chi connectivity index (χ1n) is 6.74. The fourth-order valence-electron chi connectivity index (χ4n) is 2.24. The van der Waals surface area contributed by atoms with Crippen molar-refractivity contribution in [2.75, 3.05) is 26.2 Å². The molecule has 1 unspecified atom stereocenters. The monoisotopic (exact) mass is 313 g/mol. The minimum atomic E-state index is -3.76. The number of carboxylic acids is 1. The third-order valence-corrected chi connectivity index (χ3v) is 5.79. The summed E-state index contributed by atoms with van der Waals surface area (Å²) in [5, 5.41) is 7.47. The van der Waals surface area contributed by atoms with Crippen molar-refractivity contribution in [1.82, 2.24) is 14.2 Å². The number of aromatic nitrogens is 1. The third-order valence-electron chi connectivity index (χ3n) is 3.61. The molecule has 0 amide bonds. The molecule has 0 aromatic carbocycles. The lowest BCUT2D eigenvalue weighted by atomic mass is 10.2. The second-order valence-electron chi connectivity index (χ2n) is 5.06. The van der Waals surface area contributed by atoms with Gasteiger partial charge in [-0.25, -0.2) is 8.42 Å². The molecule has 0 spiro atoms. The molecule has 1 aliphatic rings. The summed E-state index contributed by atoms with van der Waals surface area (Å²) in [6.07, 6.45) is 3.50. The quantitative estimate of drug-likeness (QED) is 0.823. The Labute approximate surface area is 124 Å². The van der Waals surface area contributed by atoms with Crippen LogP contribution in [0.15, 0.2) is 24.5 Å². The molecule has 1 aromatic heterocycles. The molecule has 1 fully saturated rings. The smallest absolute Gasteiger partial charge is 0.323 e. The van der Waals surface area contributed by atoms with Crippen LogP contribution in [0.4, 0.5) is 0 Å². The number of hydrogen-bond acceptors (Lipinski definition) is 5. The van der Waals surface area contributed by atoms with E-state index in [-0.39, 0.29) is 0 Å². The zero-order valence-corrected chi connectivity index (χ0v) is 12.7. The number of rotatable bonds is 5. The first kappa shape index (κ1) is 15.9. The van der Waals surface area contributed by atoms with Gasteiger partial charge in [0.25, 0.3) is 0 Å². The Hall–Kier alpha value is -1.51. The van der Waals surface area contributed by atoms with E-state index in [0.29, 0.717) is 26.2 Å². The normalized spacial score (nSPS) is 19.3. The van der Waals surface area contributed by atoms with Gasteiger partial charge in [-0.05, 0) is 18.6 Å². The maximum absolute atomic E-state index is 12.1. The van der Waals surface area contributed by atoms with Crippen molar-refractivity contribution < 1.29 is 18.3 Å². The van der Waals surface area contributed by atoms with E-state index in [1.165, 1.54) is 11.2 Å². The Morgan fingerprint density at radius 2 is 2.05 bits per heavy atom. The van der Waals surface area contributed by atoms with Gasteiger partial charge in [-0.1, -0.05) is 6.07 Å². The van der Waals surface area contributed by atoms with Gasteiger partial charge in [-0.15, -0.1) is 0 Å². The summed E-state index contributed by atoms with van der Waals surface area (Å²) in [7, 11) is -3.76. The van der Waals surface area contributed by atoms with Gasteiger partial charge in [-0.3, -0.25) is 14.7 Å². The number of piperazine rings is 1. The standard InChI is InChI=1S/C13H19N3O4S/c1-11(13(17)18)21(19,20)16-7-5-15(6-8-16)10-12-3-2-4-14-9-12/h2-4,9,11H,5-8,10H2,1H3,(H,17,18). The van der Waals surface area contributed by atoms with Crippen LogP contribution in [0.5, 0.6) is 0 Å². The van der Waals surface area contributed by atoms with Crippen LogP contribution in [0.2, 0.25) is 0 Å². The van der Waals surface area contributed by atoms with Crippen molar-refractivity contribution in [3.63, 3.8) is 0 Å². The topological polar surface area (TPSA) is 90.8 Å². The van der Waals surface area contributed by atoms with Crippen molar-refractivity contribution in [1.29, 1.82) is 0 Å². The molecular weight excluding hydrogens is 294 g/mol. The molecule has 1 aliphatic heterocycles. The van der Waals surface area contributed by atoms with Crippen LogP contribution in [0.3, 0.4) is 0 Å². The van der Waals surface area contributed by atoms with E-state index >= 15 is 0 Å². The highest BCUT2D eigenvalue weighted by molar-refractivity contribution is 7.90. The van der Waals surface area contributed by atoms with E-state index in [4.69, 9.17) is 5.11 Å². The minimum absolute atomic E-state index is 0.320. The Morgan fingerprint density at radius 1 is 1.38 bits per heavy atom. The molecule has 2 rings (SSSR count). The average Bonchev–Trinajstić information content (AvgIpc) is 2.48. The van der Waals surface area contributed by atoms with Crippen LogP contribution < -0.4 is 0 Å². The van der Waals surface area contributed by atoms with Crippen LogP contribution in [0.1, 0.15) is 12.5 Å². The molecule has 0 bridgehead atoms. The molecule has 7 nitrogen and oxygen atoms in total. The molecule has 0 radical (unpaired) electrons. The number of pyridine rings is 1. The Kier molecular flexibility index (Phi) is 4.92. The molecular formula is C13H19N3O4S. The highest BCUT2D eigenvalue weighted by Gasteiger charge is 2.35. The van der Waals surface area contributed by atoms with Gasteiger partial charge in [-0.2, -0.15) is 4.31 Å². The molecule has 1 aromatic rings. The van der Waals surface area contributed by atoms with Gasteiger partial charge >= 0.3 is 5.97 Å². The maximum atomic E-state index is 12.1. The van der Waals surface area contributed by atoms with Crippen molar-refractivity contribution in [2.24, 2.45) is 0 Å². The second-order valence-corrected chi connectivity index (χ2v) is 7.32. The van der Waals surface area contributed by atoms with Crippen molar-refractivity contribution in [3.8, 4) is 0 Å². The molecule has 0 aliphatic carbocycles. The molecule has 8 heteroatoms. The third kappa shape index (κ3) is 3.78. The van der Waals surface area contributed by atoms with Crippen molar-refractivity contribution >= 4 is 16.0 Å². The number of carbonyl (C=O) groups is 1. The van der Waals surface area contributed by atoms with E-state index in [0.717, 1.165) is 12.1 Å². The number of carboxylic acid groups (broad SMARTS) is 1. The molecule has 1 atom stereocenters. The van der Waals surface area contributed by atoms with Crippen LogP contribution in [0.25, 0.3) is 0 Å². The van der Waals surface area contributed by atoms with Crippen LogP contribution in [-0.2, 0) is 21.4 Å². The van der Waals surface area contributed by atoms with Crippen LogP contribution in [-0.4, -0.2) is 65.1 Å². The predicted octanol–water partition coefficient (Wildman–Crippen LogP) is 0.00210. The lowest BCUT2D eigenvalue weighted by Crippen LogP contribution is -2.51. The van der Waals surface area contributed by atoms with E-state index in [2.05, 4.69) is 9.88 Å². The highest BCUT2D eigenvalue weighted by atomic mass is 32.2. The largest absolute Gasteiger partial charge is 0.480 e.